The Bertz CT molecular complexity index is 523. The number of phenols is 1. The second kappa shape index (κ2) is 3.89. The first kappa shape index (κ1) is 11.1. The van der Waals surface area contributed by atoms with E-state index in [4.69, 9.17) is 5.11 Å². The third kappa shape index (κ3) is 1.84. The summed E-state index contributed by atoms with van der Waals surface area (Å²) in [6.07, 6.45) is -0.212. The first-order chi connectivity index (χ1) is 8.00. The second-order valence-electron chi connectivity index (χ2n) is 3.67. The fraction of sp³-hybridized carbons (Fsp3) is 0.182. The zero-order valence-corrected chi connectivity index (χ0v) is 8.71. The third-order valence-electron chi connectivity index (χ3n) is 2.52. The Morgan fingerprint density at radius 3 is 2.53 bits per heavy atom. The summed E-state index contributed by atoms with van der Waals surface area (Å²) in [6, 6.07) is 4.04. The van der Waals surface area contributed by atoms with Gasteiger partial charge in [0.15, 0.2) is 11.5 Å². The molecule has 6 nitrogen and oxygen atoms in total. The quantitative estimate of drug-likeness (QED) is 0.723. The van der Waals surface area contributed by atoms with E-state index in [9.17, 15) is 19.5 Å². The molecule has 0 unspecified atom stereocenters. The molecule has 0 aromatic heterocycles. The topological polar surface area (TPSA) is 94.9 Å². The van der Waals surface area contributed by atoms with E-state index in [1.54, 1.807) is 0 Å². The minimum absolute atomic E-state index is 0.0563. The van der Waals surface area contributed by atoms with Crippen LogP contribution in [0.2, 0.25) is 0 Å². The van der Waals surface area contributed by atoms with Gasteiger partial charge in [0.2, 0.25) is 5.91 Å². The van der Waals surface area contributed by atoms with Crippen molar-refractivity contribution in [2.75, 3.05) is 11.4 Å². The molecule has 1 fully saturated rings. The van der Waals surface area contributed by atoms with Gasteiger partial charge in [0, 0.05) is 0 Å². The van der Waals surface area contributed by atoms with Crippen molar-refractivity contribution in [1.29, 1.82) is 0 Å². The molecule has 0 aliphatic carbocycles. The number of carbonyl (C=O) groups is 3. The van der Waals surface area contributed by atoms with Gasteiger partial charge in [-0.15, -0.1) is 0 Å². The molecule has 2 N–H and O–H groups in total. The summed E-state index contributed by atoms with van der Waals surface area (Å²) in [6.45, 7) is -0.129. The number of amides is 1. The highest BCUT2D eigenvalue weighted by atomic mass is 16.4. The molecular formula is C11H9NO5. The van der Waals surface area contributed by atoms with Crippen LogP contribution < -0.4 is 4.90 Å². The van der Waals surface area contributed by atoms with Crippen LogP contribution in [0.15, 0.2) is 18.2 Å². The fourth-order valence-corrected chi connectivity index (χ4v) is 1.73. The van der Waals surface area contributed by atoms with Gasteiger partial charge in [0.25, 0.3) is 0 Å². The molecule has 1 amide bonds. The Morgan fingerprint density at radius 1 is 1.29 bits per heavy atom. The van der Waals surface area contributed by atoms with Crippen molar-refractivity contribution in [2.45, 2.75) is 6.42 Å². The monoisotopic (exact) mass is 235 g/mol. The van der Waals surface area contributed by atoms with Crippen molar-refractivity contribution < 1.29 is 24.6 Å². The predicted octanol–water partition coefficient (Wildman–Crippen LogP) is 0.396. The van der Waals surface area contributed by atoms with Crippen molar-refractivity contribution in [3.63, 3.8) is 0 Å². The standard InChI is InChI=1S/C11H9NO5/c13-6-4-9(14)12(5-6)8-3-1-2-7(10(8)15)11(16)17/h1-3,15H,4-5H2,(H,16,17). The van der Waals surface area contributed by atoms with E-state index >= 15 is 0 Å². The molecule has 1 heterocycles. The zero-order chi connectivity index (χ0) is 12.6. The molecule has 0 radical (unpaired) electrons. The lowest BCUT2D eigenvalue weighted by Gasteiger charge is -2.16. The number of benzene rings is 1. The SMILES string of the molecule is O=C1CC(=O)N(c2cccc(C(=O)O)c2O)C1. The lowest BCUT2D eigenvalue weighted by molar-refractivity contribution is -0.121. The summed E-state index contributed by atoms with van der Waals surface area (Å²) in [7, 11) is 0. The number of aromatic carboxylic acids is 1. The largest absolute Gasteiger partial charge is 0.505 e. The van der Waals surface area contributed by atoms with Gasteiger partial charge in [-0.2, -0.15) is 0 Å². The summed E-state index contributed by atoms with van der Waals surface area (Å²) in [4.78, 5) is 34.5. The number of carboxylic acids is 1. The van der Waals surface area contributed by atoms with Gasteiger partial charge in [0.05, 0.1) is 18.7 Å². The number of Topliss-reactive ketones (excluding diaryl/α,β-unsaturated/α-hetero) is 1. The Kier molecular flexibility index (Phi) is 2.55. The minimum atomic E-state index is -1.29. The smallest absolute Gasteiger partial charge is 0.339 e. The van der Waals surface area contributed by atoms with Crippen LogP contribution in [0.5, 0.6) is 5.75 Å². The van der Waals surface area contributed by atoms with Crippen molar-refractivity contribution in [2.24, 2.45) is 0 Å². The highest BCUT2D eigenvalue weighted by Crippen LogP contribution is 2.32. The van der Waals surface area contributed by atoms with Crippen LogP contribution in [0.25, 0.3) is 0 Å². The average molecular weight is 235 g/mol. The lowest BCUT2D eigenvalue weighted by Crippen LogP contribution is -2.24. The number of carboxylic acid groups (broad SMARTS) is 1. The van der Waals surface area contributed by atoms with Crippen molar-refractivity contribution in [3.05, 3.63) is 23.8 Å². The summed E-state index contributed by atoms with van der Waals surface area (Å²) >= 11 is 0. The van der Waals surface area contributed by atoms with E-state index < -0.39 is 17.6 Å². The highest BCUT2D eigenvalue weighted by Gasteiger charge is 2.31. The maximum Gasteiger partial charge on any atom is 0.339 e. The molecule has 88 valence electrons. The fourth-order valence-electron chi connectivity index (χ4n) is 1.73. The number of hydrogen-bond donors (Lipinski definition) is 2. The molecule has 1 saturated heterocycles. The maximum absolute atomic E-state index is 11.5. The molecule has 1 aliphatic heterocycles. The molecule has 0 bridgehead atoms. The summed E-state index contributed by atoms with van der Waals surface area (Å²) < 4.78 is 0. The normalized spacial score (nSPS) is 15.4. The van der Waals surface area contributed by atoms with Crippen molar-refractivity contribution in [1.82, 2.24) is 0 Å². The van der Waals surface area contributed by atoms with Crippen LogP contribution >= 0.6 is 0 Å². The number of carbonyl (C=O) groups excluding carboxylic acids is 2. The number of aromatic hydroxyl groups is 1. The number of rotatable bonds is 2. The van der Waals surface area contributed by atoms with Crippen LogP contribution in [0.1, 0.15) is 16.8 Å². The van der Waals surface area contributed by atoms with E-state index in [0.717, 1.165) is 4.90 Å². The maximum atomic E-state index is 11.5. The van der Waals surface area contributed by atoms with Crippen LogP contribution in [0, 0.1) is 0 Å². The predicted molar refractivity (Wildman–Crippen MR) is 57.0 cm³/mol. The van der Waals surface area contributed by atoms with E-state index in [-0.39, 0.29) is 30.0 Å². The minimum Gasteiger partial charge on any atom is -0.505 e. The Hall–Kier alpha value is -2.37. The lowest BCUT2D eigenvalue weighted by atomic mass is 10.1. The zero-order valence-electron chi connectivity index (χ0n) is 8.71. The molecule has 1 aliphatic rings. The Balaban J connectivity index is 2.46. The molecule has 2 rings (SSSR count). The molecular weight excluding hydrogens is 226 g/mol. The number of hydrogen-bond acceptors (Lipinski definition) is 4. The number of anilines is 1. The van der Waals surface area contributed by atoms with Gasteiger partial charge in [-0.25, -0.2) is 4.79 Å². The molecule has 6 heteroatoms. The van der Waals surface area contributed by atoms with Crippen LogP contribution in [0.4, 0.5) is 5.69 Å². The number of ketones is 1. The van der Waals surface area contributed by atoms with E-state index in [2.05, 4.69) is 0 Å². The first-order valence-electron chi connectivity index (χ1n) is 4.88. The molecule has 1 aromatic rings. The molecule has 1 aromatic carbocycles. The summed E-state index contributed by atoms with van der Waals surface area (Å²) in [5.74, 6) is -2.48. The number of nitrogens with zero attached hydrogens (tertiary/aromatic N) is 1. The van der Waals surface area contributed by atoms with E-state index in [1.807, 2.05) is 0 Å². The van der Waals surface area contributed by atoms with Crippen molar-refractivity contribution in [3.8, 4) is 5.75 Å². The average Bonchev–Trinajstić information content (AvgIpc) is 2.57. The van der Waals surface area contributed by atoms with Crippen LogP contribution in [0.3, 0.4) is 0 Å². The second-order valence-corrected chi connectivity index (χ2v) is 3.67. The first-order valence-corrected chi connectivity index (χ1v) is 4.88. The highest BCUT2D eigenvalue weighted by molar-refractivity contribution is 6.16. The van der Waals surface area contributed by atoms with Gasteiger partial charge in [-0.05, 0) is 12.1 Å². The van der Waals surface area contributed by atoms with Crippen molar-refractivity contribution >= 4 is 23.3 Å². The molecule has 0 spiro atoms. The number of para-hydroxylation sites is 1. The van der Waals surface area contributed by atoms with E-state index in [1.165, 1.54) is 18.2 Å². The Labute approximate surface area is 96.1 Å². The van der Waals surface area contributed by atoms with Gasteiger partial charge in [0.1, 0.15) is 5.56 Å². The summed E-state index contributed by atoms with van der Waals surface area (Å²) in [5, 5.41) is 18.6. The van der Waals surface area contributed by atoms with Crippen LogP contribution in [-0.4, -0.2) is 34.4 Å². The molecule has 0 saturated carbocycles. The Morgan fingerprint density at radius 2 is 2.00 bits per heavy atom. The van der Waals surface area contributed by atoms with Gasteiger partial charge in [-0.3, -0.25) is 9.59 Å². The van der Waals surface area contributed by atoms with E-state index in [0.29, 0.717) is 0 Å². The van der Waals surface area contributed by atoms with Gasteiger partial charge in [-0.1, -0.05) is 6.07 Å². The van der Waals surface area contributed by atoms with Gasteiger partial charge < -0.3 is 15.1 Å². The third-order valence-corrected chi connectivity index (χ3v) is 2.52. The molecule has 17 heavy (non-hydrogen) atoms. The summed E-state index contributed by atoms with van der Waals surface area (Å²) in [5.41, 5.74) is -0.240. The van der Waals surface area contributed by atoms with Crippen LogP contribution in [-0.2, 0) is 9.59 Å². The van der Waals surface area contributed by atoms with Gasteiger partial charge >= 0.3 is 5.97 Å². The molecule has 0 atom stereocenters.